The minimum absolute atomic E-state index is 0.767. The minimum Gasteiger partial charge on any atom is -0.378 e. The van der Waals surface area contributed by atoms with E-state index in [0.717, 1.165) is 44.3 Å². The highest BCUT2D eigenvalue weighted by Gasteiger charge is 2.17. The van der Waals surface area contributed by atoms with Crippen molar-refractivity contribution in [1.82, 2.24) is 14.7 Å². The summed E-state index contributed by atoms with van der Waals surface area (Å²) in [7, 11) is 1.98. The SMILES string of the molecule is C\C=C(C)/C=C\C(=C\C)c1cn2c(N3CCOCC3)cnc2cc1CNC. The quantitative estimate of drug-likeness (QED) is 0.789. The van der Waals surface area contributed by atoms with Crippen molar-refractivity contribution in [3.63, 3.8) is 0 Å². The summed E-state index contributed by atoms with van der Waals surface area (Å²) in [5, 5.41) is 3.29. The van der Waals surface area contributed by atoms with Crippen molar-refractivity contribution < 1.29 is 4.74 Å². The maximum atomic E-state index is 5.50. The second kappa shape index (κ2) is 9.02. The number of rotatable bonds is 6. The maximum Gasteiger partial charge on any atom is 0.138 e. The Bertz CT molecular complexity index is 870. The molecule has 0 amide bonds. The Kier molecular flexibility index (Phi) is 6.48. The van der Waals surface area contributed by atoms with E-state index in [2.05, 4.69) is 76.9 Å². The first-order valence-electron chi connectivity index (χ1n) is 9.63. The number of anilines is 1. The topological polar surface area (TPSA) is 41.8 Å². The van der Waals surface area contributed by atoms with E-state index in [1.165, 1.54) is 22.3 Å². The largest absolute Gasteiger partial charge is 0.378 e. The number of nitrogens with zero attached hydrogens (tertiary/aromatic N) is 3. The summed E-state index contributed by atoms with van der Waals surface area (Å²) in [5.41, 5.74) is 5.92. The van der Waals surface area contributed by atoms with E-state index in [4.69, 9.17) is 4.74 Å². The maximum absolute atomic E-state index is 5.50. The molecule has 3 heterocycles. The second-order valence-electron chi connectivity index (χ2n) is 6.80. The van der Waals surface area contributed by atoms with Gasteiger partial charge in [-0.25, -0.2) is 4.98 Å². The van der Waals surface area contributed by atoms with Crippen molar-refractivity contribution in [3.05, 3.63) is 59.5 Å². The van der Waals surface area contributed by atoms with Gasteiger partial charge in [0, 0.05) is 31.4 Å². The Morgan fingerprint density at radius 1 is 1.22 bits per heavy atom. The Morgan fingerprint density at radius 2 is 2.00 bits per heavy atom. The number of morpholine rings is 1. The number of imidazole rings is 1. The fourth-order valence-corrected chi connectivity index (χ4v) is 3.33. The lowest BCUT2D eigenvalue weighted by molar-refractivity contribution is 0.122. The summed E-state index contributed by atoms with van der Waals surface area (Å²) < 4.78 is 7.71. The van der Waals surface area contributed by atoms with E-state index in [1.807, 2.05) is 13.2 Å². The van der Waals surface area contributed by atoms with Gasteiger partial charge in [-0.3, -0.25) is 4.40 Å². The summed E-state index contributed by atoms with van der Waals surface area (Å²) in [6, 6.07) is 2.19. The minimum atomic E-state index is 0.767. The Labute approximate surface area is 162 Å². The van der Waals surface area contributed by atoms with Crippen LogP contribution in [0.25, 0.3) is 11.2 Å². The van der Waals surface area contributed by atoms with Gasteiger partial charge in [-0.15, -0.1) is 0 Å². The molecule has 5 nitrogen and oxygen atoms in total. The average Bonchev–Trinajstić information content (AvgIpc) is 3.12. The van der Waals surface area contributed by atoms with E-state index in [0.29, 0.717) is 0 Å². The van der Waals surface area contributed by atoms with Crippen LogP contribution < -0.4 is 10.2 Å². The van der Waals surface area contributed by atoms with Crippen molar-refractivity contribution in [2.24, 2.45) is 0 Å². The molecule has 5 heteroatoms. The van der Waals surface area contributed by atoms with Gasteiger partial charge in [-0.2, -0.15) is 0 Å². The molecule has 144 valence electrons. The van der Waals surface area contributed by atoms with E-state index < -0.39 is 0 Å². The lowest BCUT2D eigenvalue weighted by atomic mass is 10.0. The van der Waals surface area contributed by atoms with Gasteiger partial charge in [0.15, 0.2) is 0 Å². The predicted octanol–water partition coefficient (Wildman–Crippen LogP) is 3.82. The van der Waals surface area contributed by atoms with Gasteiger partial charge in [0.1, 0.15) is 11.5 Å². The number of aromatic nitrogens is 2. The van der Waals surface area contributed by atoms with Crippen molar-refractivity contribution in [2.45, 2.75) is 27.3 Å². The fraction of sp³-hybridized carbons (Fsp3) is 0.409. The van der Waals surface area contributed by atoms with Gasteiger partial charge in [0.2, 0.25) is 0 Å². The molecule has 0 saturated carbocycles. The fourth-order valence-electron chi connectivity index (χ4n) is 3.33. The third-order valence-corrected chi connectivity index (χ3v) is 5.02. The van der Waals surface area contributed by atoms with Crippen LogP contribution in [0, 0.1) is 0 Å². The van der Waals surface area contributed by atoms with Crippen LogP contribution in [0.2, 0.25) is 0 Å². The van der Waals surface area contributed by atoms with E-state index in [1.54, 1.807) is 0 Å². The standard InChI is InChI=1S/C22H30N4O/c1-5-17(3)7-8-18(6-2)20-16-26-21(13-19(20)14-23-4)24-15-22(26)25-9-11-27-12-10-25/h5-8,13,15-16,23H,9-12,14H2,1-4H3/b8-7-,17-5-,18-6-. The molecule has 0 aliphatic carbocycles. The zero-order valence-electron chi connectivity index (χ0n) is 16.8. The zero-order valence-corrected chi connectivity index (χ0v) is 16.8. The van der Waals surface area contributed by atoms with Gasteiger partial charge in [-0.1, -0.05) is 29.9 Å². The lowest BCUT2D eigenvalue weighted by Gasteiger charge is -2.28. The van der Waals surface area contributed by atoms with Crippen molar-refractivity contribution in [1.29, 1.82) is 0 Å². The molecule has 2 aromatic heterocycles. The first-order chi connectivity index (χ1) is 13.2. The van der Waals surface area contributed by atoms with Gasteiger partial charge in [-0.05, 0) is 45.0 Å². The summed E-state index contributed by atoms with van der Waals surface area (Å²) in [6.07, 6.45) is 12.9. The molecule has 1 aliphatic heterocycles. The van der Waals surface area contributed by atoms with E-state index >= 15 is 0 Å². The molecule has 2 aromatic rings. The Morgan fingerprint density at radius 3 is 2.67 bits per heavy atom. The van der Waals surface area contributed by atoms with Crippen LogP contribution in [0.1, 0.15) is 31.9 Å². The zero-order chi connectivity index (χ0) is 19.2. The molecule has 3 rings (SSSR count). The number of ether oxygens (including phenoxy) is 1. The highest BCUT2D eigenvalue weighted by Crippen LogP contribution is 2.26. The monoisotopic (exact) mass is 366 g/mol. The van der Waals surface area contributed by atoms with E-state index in [9.17, 15) is 0 Å². The average molecular weight is 367 g/mol. The molecule has 0 bridgehead atoms. The predicted molar refractivity (Wildman–Crippen MR) is 113 cm³/mol. The normalized spacial score (nSPS) is 16.7. The summed E-state index contributed by atoms with van der Waals surface area (Å²) in [4.78, 5) is 7.00. The molecule has 1 aliphatic rings. The van der Waals surface area contributed by atoms with Crippen molar-refractivity contribution >= 4 is 17.0 Å². The smallest absolute Gasteiger partial charge is 0.138 e. The number of fused-ring (bicyclic) bond motifs is 1. The first kappa shape index (κ1) is 19.4. The molecule has 1 fully saturated rings. The number of hydrogen-bond donors (Lipinski definition) is 1. The lowest BCUT2D eigenvalue weighted by Crippen LogP contribution is -2.36. The van der Waals surface area contributed by atoms with Gasteiger partial charge < -0.3 is 15.0 Å². The van der Waals surface area contributed by atoms with Crippen LogP contribution in [0.4, 0.5) is 5.82 Å². The van der Waals surface area contributed by atoms with Crippen LogP contribution in [0.3, 0.4) is 0 Å². The van der Waals surface area contributed by atoms with Crippen LogP contribution in [0.15, 0.2) is 48.3 Å². The van der Waals surface area contributed by atoms with Crippen LogP contribution in [0.5, 0.6) is 0 Å². The molecule has 0 unspecified atom stereocenters. The molecule has 0 atom stereocenters. The van der Waals surface area contributed by atoms with Crippen LogP contribution >= 0.6 is 0 Å². The van der Waals surface area contributed by atoms with Crippen LogP contribution in [-0.2, 0) is 11.3 Å². The molecule has 1 N–H and O–H groups in total. The van der Waals surface area contributed by atoms with E-state index in [-0.39, 0.29) is 0 Å². The molecule has 0 spiro atoms. The second-order valence-corrected chi connectivity index (χ2v) is 6.80. The number of nitrogens with one attached hydrogen (secondary N) is 1. The molecular formula is C22H30N4O. The first-order valence-corrected chi connectivity index (χ1v) is 9.63. The number of allylic oxidation sites excluding steroid dienone is 6. The van der Waals surface area contributed by atoms with Gasteiger partial charge in [0.05, 0.1) is 19.4 Å². The van der Waals surface area contributed by atoms with Gasteiger partial charge >= 0.3 is 0 Å². The van der Waals surface area contributed by atoms with Crippen LogP contribution in [-0.4, -0.2) is 42.7 Å². The Hall–Kier alpha value is -2.37. The molecule has 27 heavy (non-hydrogen) atoms. The van der Waals surface area contributed by atoms with Crippen molar-refractivity contribution in [2.75, 3.05) is 38.3 Å². The third-order valence-electron chi connectivity index (χ3n) is 5.02. The highest BCUT2D eigenvalue weighted by atomic mass is 16.5. The van der Waals surface area contributed by atoms with Crippen molar-refractivity contribution in [3.8, 4) is 0 Å². The highest BCUT2D eigenvalue weighted by molar-refractivity contribution is 5.77. The molecule has 1 saturated heterocycles. The third kappa shape index (κ3) is 4.31. The van der Waals surface area contributed by atoms with Gasteiger partial charge in [0.25, 0.3) is 0 Å². The molecule has 0 radical (unpaired) electrons. The Balaban J connectivity index is 2.08. The summed E-state index contributed by atoms with van der Waals surface area (Å²) >= 11 is 0. The number of pyridine rings is 1. The molecule has 0 aromatic carbocycles. The summed E-state index contributed by atoms with van der Waals surface area (Å²) in [5.74, 6) is 1.13. The molecular weight excluding hydrogens is 336 g/mol. The number of hydrogen-bond acceptors (Lipinski definition) is 4. The summed E-state index contributed by atoms with van der Waals surface area (Å²) in [6.45, 7) is 10.4.